The number of carbonyl (C=O) groups is 2. The number of benzene rings is 1. The first kappa shape index (κ1) is 17.9. The average molecular weight is 336 g/mol. The van der Waals surface area contributed by atoms with Gasteiger partial charge in [0.25, 0.3) is 0 Å². The standard InChI is InChI=1S/C17H24N2O5/c1-17(2,3)24-16(21)19-10-13(9-14(19)15(20)22-4)23-12-7-5-11(18)6-8-12/h5-8,13-14H,9-10,18H2,1-4H3/t13-,14-/m0/s1. The zero-order chi connectivity index (χ0) is 17.9. The Morgan fingerprint density at radius 1 is 1.21 bits per heavy atom. The van der Waals surface area contributed by atoms with E-state index in [0.29, 0.717) is 17.9 Å². The van der Waals surface area contributed by atoms with Crippen molar-refractivity contribution in [3.05, 3.63) is 24.3 Å². The molecule has 0 aromatic heterocycles. The maximum atomic E-state index is 12.4. The van der Waals surface area contributed by atoms with Crippen molar-refractivity contribution in [2.45, 2.75) is 44.9 Å². The third-order valence-electron chi connectivity index (χ3n) is 3.55. The van der Waals surface area contributed by atoms with Gasteiger partial charge >= 0.3 is 12.1 Å². The smallest absolute Gasteiger partial charge is 0.411 e. The minimum atomic E-state index is -0.719. The van der Waals surface area contributed by atoms with Gasteiger partial charge in [-0.3, -0.25) is 4.90 Å². The molecule has 2 rings (SSSR count). The maximum absolute atomic E-state index is 12.4. The molecule has 0 aliphatic carbocycles. The summed E-state index contributed by atoms with van der Waals surface area (Å²) < 4.78 is 16.0. The SMILES string of the molecule is COC(=O)[C@@H]1C[C@H](Oc2ccc(N)cc2)CN1C(=O)OC(C)(C)C. The number of rotatable bonds is 3. The number of nitrogen functional groups attached to an aromatic ring is 1. The Morgan fingerprint density at radius 2 is 1.83 bits per heavy atom. The number of nitrogens with zero attached hydrogens (tertiary/aromatic N) is 1. The summed E-state index contributed by atoms with van der Waals surface area (Å²) in [5.41, 5.74) is 5.64. The fourth-order valence-electron chi connectivity index (χ4n) is 2.50. The molecule has 1 aliphatic heterocycles. The number of ether oxygens (including phenoxy) is 3. The molecule has 1 heterocycles. The van der Waals surface area contributed by atoms with Crippen LogP contribution in [0.15, 0.2) is 24.3 Å². The number of nitrogens with two attached hydrogens (primary N) is 1. The number of likely N-dealkylation sites (tertiary alicyclic amines) is 1. The lowest BCUT2D eigenvalue weighted by molar-refractivity contribution is -0.145. The molecule has 0 unspecified atom stereocenters. The zero-order valence-electron chi connectivity index (χ0n) is 14.4. The predicted octanol–water partition coefficient (Wildman–Crippen LogP) is 2.20. The lowest BCUT2D eigenvalue weighted by Gasteiger charge is -2.27. The number of methoxy groups -OCH3 is 1. The van der Waals surface area contributed by atoms with Crippen molar-refractivity contribution < 1.29 is 23.8 Å². The number of hydrogen-bond donors (Lipinski definition) is 1. The topological polar surface area (TPSA) is 91.1 Å². The van der Waals surface area contributed by atoms with Crippen molar-refractivity contribution >= 4 is 17.7 Å². The van der Waals surface area contributed by atoms with Gasteiger partial charge in [-0.2, -0.15) is 0 Å². The number of amides is 1. The van der Waals surface area contributed by atoms with Crippen LogP contribution >= 0.6 is 0 Å². The van der Waals surface area contributed by atoms with E-state index < -0.39 is 23.7 Å². The second-order valence-electron chi connectivity index (χ2n) is 6.72. The Hall–Kier alpha value is -2.44. The number of anilines is 1. The van der Waals surface area contributed by atoms with Crippen LogP contribution < -0.4 is 10.5 Å². The number of esters is 1. The van der Waals surface area contributed by atoms with Crippen molar-refractivity contribution in [1.29, 1.82) is 0 Å². The summed E-state index contributed by atoms with van der Waals surface area (Å²) in [7, 11) is 1.30. The molecule has 1 aliphatic rings. The molecular formula is C17H24N2O5. The Balaban J connectivity index is 2.09. The third-order valence-corrected chi connectivity index (χ3v) is 3.55. The Labute approximate surface area is 141 Å². The van der Waals surface area contributed by atoms with Crippen molar-refractivity contribution in [3.63, 3.8) is 0 Å². The van der Waals surface area contributed by atoms with E-state index in [2.05, 4.69) is 0 Å². The molecular weight excluding hydrogens is 312 g/mol. The minimum absolute atomic E-state index is 0.249. The van der Waals surface area contributed by atoms with Gasteiger partial charge in [-0.25, -0.2) is 9.59 Å². The first-order valence-electron chi connectivity index (χ1n) is 7.79. The molecule has 1 fully saturated rings. The van der Waals surface area contributed by atoms with E-state index in [-0.39, 0.29) is 12.6 Å². The van der Waals surface area contributed by atoms with E-state index in [1.807, 2.05) is 0 Å². The monoisotopic (exact) mass is 336 g/mol. The third kappa shape index (κ3) is 4.53. The van der Waals surface area contributed by atoms with E-state index in [0.717, 1.165) is 0 Å². The summed E-state index contributed by atoms with van der Waals surface area (Å²) in [5, 5.41) is 0. The Morgan fingerprint density at radius 3 is 2.38 bits per heavy atom. The molecule has 2 N–H and O–H groups in total. The normalized spacial score (nSPS) is 20.6. The summed E-state index contributed by atoms with van der Waals surface area (Å²) in [6, 6.07) is 6.24. The van der Waals surface area contributed by atoms with E-state index in [1.54, 1.807) is 45.0 Å². The van der Waals surface area contributed by atoms with Gasteiger partial charge in [0.15, 0.2) is 0 Å². The highest BCUT2D eigenvalue weighted by Gasteiger charge is 2.43. The van der Waals surface area contributed by atoms with Crippen LogP contribution in [-0.2, 0) is 14.3 Å². The van der Waals surface area contributed by atoms with E-state index in [1.165, 1.54) is 12.0 Å². The maximum Gasteiger partial charge on any atom is 0.411 e. The second kappa shape index (κ2) is 6.98. The molecule has 132 valence electrons. The van der Waals surface area contributed by atoms with Crippen LogP contribution in [0.4, 0.5) is 10.5 Å². The van der Waals surface area contributed by atoms with Gasteiger partial charge in [0.05, 0.1) is 13.7 Å². The summed E-state index contributed by atoms with van der Waals surface area (Å²) in [6.07, 6.45) is -0.539. The van der Waals surface area contributed by atoms with Gasteiger partial charge in [-0.1, -0.05) is 0 Å². The lowest BCUT2D eigenvalue weighted by atomic mass is 10.2. The first-order chi connectivity index (χ1) is 11.2. The second-order valence-corrected chi connectivity index (χ2v) is 6.72. The Bertz CT molecular complexity index is 594. The highest BCUT2D eigenvalue weighted by Crippen LogP contribution is 2.26. The molecule has 0 saturated carbocycles. The summed E-state index contributed by atoms with van der Waals surface area (Å²) in [5.74, 6) is 0.146. The van der Waals surface area contributed by atoms with Gasteiger partial charge in [-0.05, 0) is 45.0 Å². The zero-order valence-corrected chi connectivity index (χ0v) is 14.4. The number of carbonyl (C=O) groups excluding carboxylic acids is 2. The predicted molar refractivity (Wildman–Crippen MR) is 88.6 cm³/mol. The molecule has 0 bridgehead atoms. The average Bonchev–Trinajstić information content (AvgIpc) is 2.91. The molecule has 2 atom stereocenters. The molecule has 1 aromatic rings. The molecule has 0 spiro atoms. The van der Waals surface area contributed by atoms with E-state index in [4.69, 9.17) is 19.9 Å². The summed E-state index contributed by atoms with van der Waals surface area (Å²) >= 11 is 0. The first-order valence-corrected chi connectivity index (χ1v) is 7.79. The molecule has 0 radical (unpaired) electrons. The molecule has 1 saturated heterocycles. The van der Waals surface area contributed by atoms with Gasteiger partial charge in [0.1, 0.15) is 23.5 Å². The molecule has 24 heavy (non-hydrogen) atoms. The summed E-state index contributed by atoms with van der Waals surface area (Å²) in [6.45, 7) is 5.57. The van der Waals surface area contributed by atoms with Crippen LogP contribution in [0.25, 0.3) is 0 Å². The van der Waals surface area contributed by atoms with Gasteiger partial charge in [0, 0.05) is 12.1 Å². The Kier molecular flexibility index (Phi) is 5.21. The quantitative estimate of drug-likeness (QED) is 0.672. The van der Waals surface area contributed by atoms with Crippen LogP contribution in [0.3, 0.4) is 0 Å². The van der Waals surface area contributed by atoms with Crippen molar-refractivity contribution in [1.82, 2.24) is 4.90 Å². The highest BCUT2D eigenvalue weighted by atomic mass is 16.6. The lowest BCUT2D eigenvalue weighted by Crippen LogP contribution is -2.44. The van der Waals surface area contributed by atoms with Crippen molar-refractivity contribution in [2.75, 3.05) is 19.4 Å². The van der Waals surface area contributed by atoms with Gasteiger partial charge in [-0.15, -0.1) is 0 Å². The van der Waals surface area contributed by atoms with E-state index in [9.17, 15) is 9.59 Å². The van der Waals surface area contributed by atoms with Crippen molar-refractivity contribution in [3.8, 4) is 5.75 Å². The van der Waals surface area contributed by atoms with E-state index >= 15 is 0 Å². The fourth-order valence-corrected chi connectivity index (χ4v) is 2.50. The molecule has 7 nitrogen and oxygen atoms in total. The van der Waals surface area contributed by atoms with Crippen LogP contribution in [0.1, 0.15) is 27.2 Å². The molecule has 1 aromatic carbocycles. The largest absolute Gasteiger partial charge is 0.488 e. The van der Waals surface area contributed by atoms with Gasteiger partial charge < -0.3 is 19.9 Å². The van der Waals surface area contributed by atoms with Crippen LogP contribution in [0, 0.1) is 0 Å². The van der Waals surface area contributed by atoms with Crippen LogP contribution in [0.5, 0.6) is 5.75 Å². The van der Waals surface area contributed by atoms with Crippen LogP contribution in [-0.4, -0.2) is 48.4 Å². The summed E-state index contributed by atoms with van der Waals surface area (Å²) in [4.78, 5) is 25.7. The number of hydrogen-bond acceptors (Lipinski definition) is 6. The highest BCUT2D eigenvalue weighted by molar-refractivity contribution is 5.82. The fraction of sp³-hybridized carbons (Fsp3) is 0.529. The van der Waals surface area contributed by atoms with Gasteiger partial charge in [0.2, 0.25) is 0 Å². The molecule has 7 heteroatoms. The van der Waals surface area contributed by atoms with Crippen LogP contribution in [0.2, 0.25) is 0 Å². The minimum Gasteiger partial charge on any atom is -0.488 e. The van der Waals surface area contributed by atoms with Crippen molar-refractivity contribution in [2.24, 2.45) is 0 Å². The molecule has 1 amide bonds.